The summed E-state index contributed by atoms with van der Waals surface area (Å²) in [6, 6.07) is 6.60. The Labute approximate surface area is 147 Å². The van der Waals surface area contributed by atoms with Crippen molar-refractivity contribution in [1.29, 1.82) is 0 Å². The number of nitrogens with zero attached hydrogens (tertiary/aromatic N) is 1. The smallest absolute Gasteiger partial charge is 0.338 e. The summed E-state index contributed by atoms with van der Waals surface area (Å²) in [5, 5.41) is 0.389. The van der Waals surface area contributed by atoms with Gasteiger partial charge in [-0.3, -0.25) is 0 Å². The average molecular weight is 401 g/mol. The SMILES string of the molecule is CCOc1c(Br)cc(C(=O)OCc2ccc(Cl)nc2)cc1OC. The minimum Gasteiger partial charge on any atom is -0.493 e. The van der Waals surface area contributed by atoms with Crippen molar-refractivity contribution in [3.63, 3.8) is 0 Å². The number of benzene rings is 1. The van der Waals surface area contributed by atoms with Crippen LogP contribution in [0.4, 0.5) is 0 Å². The molecule has 0 bridgehead atoms. The van der Waals surface area contributed by atoms with Gasteiger partial charge in [0.15, 0.2) is 11.5 Å². The highest BCUT2D eigenvalue weighted by Gasteiger charge is 2.16. The lowest BCUT2D eigenvalue weighted by Gasteiger charge is -2.13. The maximum Gasteiger partial charge on any atom is 0.338 e. The fourth-order valence-corrected chi connectivity index (χ4v) is 2.51. The molecule has 23 heavy (non-hydrogen) atoms. The van der Waals surface area contributed by atoms with Crippen LogP contribution in [0, 0.1) is 0 Å². The van der Waals surface area contributed by atoms with Gasteiger partial charge in [0.05, 0.1) is 23.8 Å². The van der Waals surface area contributed by atoms with Crippen molar-refractivity contribution in [2.75, 3.05) is 13.7 Å². The summed E-state index contributed by atoms with van der Waals surface area (Å²) < 4.78 is 16.6. The molecule has 0 amide bonds. The summed E-state index contributed by atoms with van der Waals surface area (Å²) >= 11 is 9.09. The zero-order chi connectivity index (χ0) is 16.8. The van der Waals surface area contributed by atoms with E-state index in [9.17, 15) is 4.79 Å². The van der Waals surface area contributed by atoms with E-state index < -0.39 is 5.97 Å². The third-order valence-corrected chi connectivity index (χ3v) is 3.73. The summed E-state index contributed by atoms with van der Waals surface area (Å²) in [6.45, 7) is 2.46. The number of hydrogen-bond acceptors (Lipinski definition) is 5. The first-order valence-corrected chi connectivity index (χ1v) is 8.00. The molecular formula is C16H15BrClNO4. The molecule has 122 valence electrons. The van der Waals surface area contributed by atoms with Crippen LogP contribution >= 0.6 is 27.5 Å². The molecule has 2 rings (SSSR count). The Kier molecular flexibility index (Phi) is 6.24. The van der Waals surface area contributed by atoms with Crippen LogP contribution in [-0.4, -0.2) is 24.7 Å². The van der Waals surface area contributed by atoms with Crippen LogP contribution in [0.3, 0.4) is 0 Å². The van der Waals surface area contributed by atoms with Gasteiger partial charge in [0, 0.05) is 11.8 Å². The van der Waals surface area contributed by atoms with E-state index in [-0.39, 0.29) is 6.61 Å². The lowest BCUT2D eigenvalue weighted by Crippen LogP contribution is -2.07. The van der Waals surface area contributed by atoms with E-state index in [0.717, 1.165) is 5.56 Å². The molecule has 5 nitrogen and oxygen atoms in total. The van der Waals surface area contributed by atoms with E-state index in [4.69, 9.17) is 25.8 Å². The minimum absolute atomic E-state index is 0.107. The quantitative estimate of drug-likeness (QED) is 0.535. The van der Waals surface area contributed by atoms with Crippen molar-refractivity contribution >= 4 is 33.5 Å². The first-order valence-electron chi connectivity index (χ1n) is 6.83. The van der Waals surface area contributed by atoms with E-state index in [1.807, 2.05) is 6.92 Å². The normalized spacial score (nSPS) is 10.3. The van der Waals surface area contributed by atoms with E-state index in [1.54, 1.807) is 30.5 Å². The highest BCUT2D eigenvalue weighted by atomic mass is 79.9. The van der Waals surface area contributed by atoms with Gasteiger partial charge < -0.3 is 14.2 Å². The summed E-state index contributed by atoms with van der Waals surface area (Å²) in [4.78, 5) is 16.1. The molecule has 0 saturated carbocycles. The van der Waals surface area contributed by atoms with Crippen molar-refractivity contribution in [1.82, 2.24) is 4.98 Å². The van der Waals surface area contributed by atoms with E-state index >= 15 is 0 Å². The maximum absolute atomic E-state index is 12.2. The predicted molar refractivity (Wildman–Crippen MR) is 90.2 cm³/mol. The van der Waals surface area contributed by atoms with Crippen molar-refractivity contribution in [2.24, 2.45) is 0 Å². The summed E-state index contributed by atoms with van der Waals surface area (Å²) in [5.74, 6) is 0.539. The van der Waals surface area contributed by atoms with Gasteiger partial charge in [-0.05, 0) is 41.1 Å². The number of aromatic nitrogens is 1. The minimum atomic E-state index is -0.470. The Morgan fingerprint density at radius 2 is 2.13 bits per heavy atom. The van der Waals surface area contributed by atoms with E-state index in [1.165, 1.54) is 7.11 Å². The number of ether oxygens (including phenoxy) is 3. The van der Waals surface area contributed by atoms with Crippen LogP contribution in [0.1, 0.15) is 22.8 Å². The number of methoxy groups -OCH3 is 1. The molecule has 7 heteroatoms. The zero-order valence-corrected chi connectivity index (χ0v) is 15.0. The Morgan fingerprint density at radius 1 is 1.35 bits per heavy atom. The third kappa shape index (κ3) is 4.59. The number of carbonyl (C=O) groups is 1. The molecule has 0 unspecified atom stereocenters. The first kappa shape index (κ1) is 17.6. The lowest BCUT2D eigenvalue weighted by molar-refractivity contribution is 0.0472. The molecule has 0 aliphatic rings. The first-order chi connectivity index (χ1) is 11.0. The second-order valence-electron chi connectivity index (χ2n) is 4.49. The van der Waals surface area contributed by atoms with Gasteiger partial charge in [0.25, 0.3) is 0 Å². The van der Waals surface area contributed by atoms with Gasteiger partial charge in [0.2, 0.25) is 0 Å². The Hall–Kier alpha value is -1.79. The number of carbonyl (C=O) groups excluding carboxylic acids is 1. The van der Waals surface area contributed by atoms with Crippen LogP contribution in [0.5, 0.6) is 11.5 Å². The topological polar surface area (TPSA) is 57.7 Å². The van der Waals surface area contributed by atoms with Gasteiger partial charge in [0.1, 0.15) is 11.8 Å². The number of esters is 1. The number of pyridine rings is 1. The molecule has 2 aromatic rings. The van der Waals surface area contributed by atoms with E-state index in [0.29, 0.717) is 33.3 Å². The van der Waals surface area contributed by atoms with Crippen molar-refractivity contribution < 1.29 is 19.0 Å². The van der Waals surface area contributed by atoms with Gasteiger partial charge >= 0.3 is 5.97 Å². The Morgan fingerprint density at radius 3 is 2.74 bits per heavy atom. The summed E-state index contributed by atoms with van der Waals surface area (Å²) in [6.07, 6.45) is 1.56. The largest absolute Gasteiger partial charge is 0.493 e. The molecule has 1 heterocycles. The molecule has 0 radical (unpaired) electrons. The van der Waals surface area contributed by atoms with Gasteiger partial charge in [-0.15, -0.1) is 0 Å². The maximum atomic E-state index is 12.2. The fourth-order valence-electron chi connectivity index (χ4n) is 1.85. The standard InChI is InChI=1S/C16H15BrClNO4/c1-3-22-15-12(17)6-11(7-13(15)21-2)16(20)23-9-10-4-5-14(18)19-8-10/h4-8H,3,9H2,1-2H3. The van der Waals surface area contributed by atoms with Crippen molar-refractivity contribution in [2.45, 2.75) is 13.5 Å². The number of rotatable bonds is 6. The molecule has 0 atom stereocenters. The van der Waals surface area contributed by atoms with Gasteiger partial charge in [-0.2, -0.15) is 0 Å². The second kappa shape index (κ2) is 8.17. The van der Waals surface area contributed by atoms with Crippen LogP contribution in [0.25, 0.3) is 0 Å². The number of halogens is 2. The summed E-state index contributed by atoms with van der Waals surface area (Å²) in [5.41, 5.74) is 1.11. The Balaban J connectivity index is 2.12. The lowest BCUT2D eigenvalue weighted by atomic mass is 10.2. The molecule has 1 aromatic heterocycles. The zero-order valence-electron chi connectivity index (χ0n) is 12.6. The predicted octanol–water partition coefficient (Wildman–Crippen LogP) is 4.26. The van der Waals surface area contributed by atoms with Crippen LogP contribution < -0.4 is 9.47 Å². The van der Waals surface area contributed by atoms with Crippen molar-refractivity contribution in [3.8, 4) is 11.5 Å². The molecule has 0 aliphatic carbocycles. The highest BCUT2D eigenvalue weighted by Crippen LogP contribution is 2.36. The Bertz CT molecular complexity index is 691. The van der Waals surface area contributed by atoms with Crippen LogP contribution in [-0.2, 0) is 11.3 Å². The molecular weight excluding hydrogens is 386 g/mol. The van der Waals surface area contributed by atoms with Crippen LogP contribution in [0.15, 0.2) is 34.9 Å². The number of hydrogen-bond donors (Lipinski definition) is 0. The highest BCUT2D eigenvalue weighted by molar-refractivity contribution is 9.10. The second-order valence-corrected chi connectivity index (χ2v) is 5.73. The molecule has 0 N–H and O–H groups in total. The molecule has 0 saturated heterocycles. The molecule has 1 aromatic carbocycles. The average Bonchev–Trinajstić information content (AvgIpc) is 2.55. The summed E-state index contributed by atoms with van der Waals surface area (Å²) in [7, 11) is 1.51. The molecule has 0 fully saturated rings. The van der Waals surface area contributed by atoms with Crippen molar-refractivity contribution in [3.05, 3.63) is 51.2 Å². The third-order valence-electron chi connectivity index (χ3n) is 2.91. The monoisotopic (exact) mass is 399 g/mol. The van der Waals surface area contributed by atoms with Crippen LogP contribution in [0.2, 0.25) is 5.15 Å². The fraction of sp³-hybridized carbons (Fsp3) is 0.250. The van der Waals surface area contributed by atoms with E-state index in [2.05, 4.69) is 20.9 Å². The molecule has 0 aliphatic heterocycles. The van der Waals surface area contributed by atoms with Gasteiger partial charge in [-0.25, -0.2) is 9.78 Å². The molecule has 0 spiro atoms. The van der Waals surface area contributed by atoms with Gasteiger partial charge in [-0.1, -0.05) is 17.7 Å².